The van der Waals surface area contributed by atoms with Crippen LogP contribution >= 0.6 is 23.1 Å². The van der Waals surface area contributed by atoms with Gasteiger partial charge >= 0.3 is 10.8 Å². The Bertz CT molecular complexity index is 1300. The number of aromatic nitrogens is 1. The van der Waals surface area contributed by atoms with Gasteiger partial charge in [-0.2, -0.15) is 0 Å². The van der Waals surface area contributed by atoms with Gasteiger partial charge in [-0.15, -0.1) is 11.8 Å². The number of H-pyrrole nitrogens is 1. The molecule has 0 spiro atoms. The molecule has 2 saturated carbocycles. The van der Waals surface area contributed by atoms with Crippen LogP contribution in [0.15, 0.2) is 28.0 Å². The minimum atomic E-state index is -1.04. The first-order valence-corrected chi connectivity index (χ1v) is 13.4. The van der Waals surface area contributed by atoms with E-state index < -0.39 is 17.8 Å². The normalized spacial score (nSPS) is 32.5. The Morgan fingerprint density at radius 3 is 2.66 bits per heavy atom. The molecule has 3 fully saturated rings. The molecule has 9 nitrogen and oxygen atoms in total. The first kappa shape index (κ1) is 22.7. The number of imide groups is 1. The van der Waals surface area contributed by atoms with E-state index in [2.05, 4.69) is 4.98 Å². The maximum Gasteiger partial charge on any atom is 0.305 e. The van der Waals surface area contributed by atoms with Crippen molar-refractivity contribution >= 4 is 40.9 Å². The quantitative estimate of drug-likeness (QED) is 0.498. The molecule has 3 N–H and O–H groups in total. The van der Waals surface area contributed by atoms with E-state index in [1.165, 1.54) is 11.3 Å². The zero-order chi connectivity index (χ0) is 24.6. The Hall–Kier alpha value is -2.79. The number of carbonyl (C=O) groups excluding carboxylic acids is 2. The number of benzene rings is 1. The molecule has 11 heteroatoms. The van der Waals surface area contributed by atoms with E-state index in [1.807, 2.05) is 19.1 Å². The molecule has 6 rings (SSSR count). The van der Waals surface area contributed by atoms with Crippen LogP contribution in [0.2, 0.25) is 0 Å². The molecule has 7 unspecified atom stereocenters. The topological polar surface area (TPSA) is 137 Å². The van der Waals surface area contributed by atoms with E-state index in [1.54, 1.807) is 17.8 Å². The molecular formula is C24H24N2O7S2. The maximum atomic E-state index is 13.3. The summed E-state index contributed by atoms with van der Waals surface area (Å²) in [6.45, 7) is 2.13. The van der Waals surface area contributed by atoms with E-state index in [4.69, 9.17) is 9.84 Å². The van der Waals surface area contributed by atoms with Crippen molar-refractivity contribution in [3.8, 4) is 11.5 Å². The van der Waals surface area contributed by atoms with Gasteiger partial charge in [0.1, 0.15) is 0 Å². The van der Waals surface area contributed by atoms with E-state index in [0.29, 0.717) is 12.4 Å². The van der Waals surface area contributed by atoms with Gasteiger partial charge in [-0.25, -0.2) is 0 Å². The summed E-state index contributed by atoms with van der Waals surface area (Å²) in [7, 11) is 0. The van der Waals surface area contributed by atoms with Crippen LogP contribution < -0.4 is 9.61 Å². The number of carboxylic acids is 1. The molecule has 3 heterocycles. The molecule has 1 aromatic heterocycles. The molecule has 4 aliphatic rings. The molecular weight excluding hydrogens is 492 g/mol. The number of thioether (sulfide) groups is 1. The third-order valence-electron chi connectivity index (χ3n) is 8.01. The summed E-state index contributed by atoms with van der Waals surface area (Å²) in [5.41, 5.74) is 0.904. The molecule has 2 aromatic rings. The molecule has 2 aliphatic heterocycles. The molecule has 0 radical (unpaired) electrons. The number of hydrogen-bond donors (Lipinski definition) is 3. The van der Waals surface area contributed by atoms with Crippen molar-refractivity contribution in [2.75, 3.05) is 13.2 Å². The summed E-state index contributed by atoms with van der Waals surface area (Å²) in [6, 6.07) is 5.25. The number of phenolic OH excluding ortho intramolecular Hbond substituents is 1. The lowest BCUT2D eigenvalue weighted by Crippen LogP contribution is -2.42. The number of rotatable bonds is 6. The molecule has 2 bridgehead atoms. The lowest BCUT2D eigenvalue weighted by Gasteiger charge is -2.43. The lowest BCUT2D eigenvalue weighted by molar-refractivity contribution is -0.142. The Labute approximate surface area is 208 Å². The molecule has 1 aromatic carbocycles. The number of aromatic amines is 1. The van der Waals surface area contributed by atoms with Crippen molar-refractivity contribution in [1.29, 1.82) is 0 Å². The number of phenols is 1. The van der Waals surface area contributed by atoms with Crippen molar-refractivity contribution in [3.63, 3.8) is 0 Å². The maximum absolute atomic E-state index is 13.3. The largest absolute Gasteiger partial charge is 0.504 e. The van der Waals surface area contributed by atoms with Gasteiger partial charge in [0.05, 0.1) is 29.9 Å². The van der Waals surface area contributed by atoms with Crippen LogP contribution in [0.4, 0.5) is 0 Å². The highest BCUT2D eigenvalue weighted by Gasteiger charge is 2.69. The van der Waals surface area contributed by atoms with Crippen LogP contribution in [-0.2, 0) is 14.4 Å². The number of nitrogens with one attached hydrogen (secondary N) is 1. The monoisotopic (exact) mass is 516 g/mol. The second-order valence-electron chi connectivity index (χ2n) is 9.59. The van der Waals surface area contributed by atoms with Crippen molar-refractivity contribution in [2.24, 2.45) is 29.6 Å². The summed E-state index contributed by atoms with van der Waals surface area (Å²) in [5, 5.41) is 20.2. The highest BCUT2D eigenvalue weighted by Crippen LogP contribution is 2.68. The molecule has 7 atom stereocenters. The number of aromatic hydroxyl groups is 1. The van der Waals surface area contributed by atoms with Gasteiger partial charge in [0, 0.05) is 22.6 Å². The fourth-order valence-corrected chi connectivity index (χ4v) is 9.76. The van der Waals surface area contributed by atoms with Crippen molar-refractivity contribution in [3.05, 3.63) is 38.3 Å². The summed E-state index contributed by atoms with van der Waals surface area (Å²) in [6.07, 6.45) is 0.497. The van der Waals surface area contributed by atoms with Gasteiger partial charge in [0.2, 0.25) is 11.8 Å². The minimum Gasteiger partial charge on any atom is -0.504 e. The van der Waals surface area contributed by atoms with E-state index in [9.17, 15) is 24.3 Å². The zero-order valence-corrected chi connectivity index (χ0v) is 20.4. The van der Waals surface area contributed by atoms with Crippen LogP contribution in [0.25, 0.3) is 0 Å². The highest BCUT2D eigenvalue weighted by molar-refractivity contribution is 8.00. The second kappa shape index (κ2) is 8.12. The van der Waals surface area contributed by atoms with Gasteiger partial charge < -0.3 is 19.9 Å². The van der Waals surface area contributed by atoms with Crippen LogP contribution in [0, 0.1) is 29.6 Å². The lowest BCUT2D eigenvalue weighted by atomic mass is 9.68. The first-order valence-electron chi connectivity index (χ1n) is 11.7. The summed E-state index contributed by atoms with van der Waals surface area (Å²) >= 11 is 2.77. The van der Waals surface area contributed by atoms with Gasteiger partial charge in [-0.05, 0) is 48.8 Å². The third-order valence-corrected chi connectivity index (χ3v) is 10.6. The molecule has 184 valence electrons. The zero-order valence-electron chi connectivity index (χ0n) is 18.8. The van der Waals surface area contributed by atoms with E-state index in [-0.39, 0.29) is 64.3 Å². The Morgan fingerprint density at radius 1 is 1.20 bits per heavy atom. The van der Waals surface area contributed by atoms with Gasteiger partial charge in [-0.3, -0.25) is 24.1 Å². The third kappa shape index (κ3) is 3.27. The number of hydrogen-bond acceptors (Lipinski definition) is 8. The number of aliphatic carboxylic acids is 1. The van der Waals surface area contributed by atoms with Crippen LogP contribution in [0.5, 0.6) is 11.5 Å². The summed E-state index contributed by atoms with van der Waals surface area (Å²) in [4.78, 5) is 54.9. The Morgan fingerprint density at radius 2 is 1.94 bits per heavy atom. The smallest absolute Gasteiger partial charge is 0.305 e. The van der Waals surface area contributed by atoms with Gasteiger partial charge in [0.25, 0.3) is 0 Å². The second-order valence-corrected chi connectivity index (χ2v) is 11.8. The van der Waals surface area contributed by atoms with Crippen LogP contribution in [-0.4, -0.2) is 56.3 Å². The highest BCUT2D eigenvalue weighted by atomic mass is 32.2. The van der Waals surface area contributed by atoms with Crippen molar-refractivity contribution in [1.82, 2.24) is 9.88 Å². The van der Waals surface area contributed by atoms with Gasteiger partial charge in [0.15, 0.2) is 11.5 Å². The van der Waals surface area contributed by atoms with Crippen molar-refractivity contribution < 1.29 is 29.3 Å². The number of carbonyl (C=O) groups is 3. The number of fused-ring (bicyclic) bond motifs is 9. The number of amides is 2. The standard InChI is InChI=1S/C24H24N2O7S2/c1-2-33-13-7-9(3-4-12(13)27)15-16-10-8-11(19(16)34-21-20(15)35-24(32)25-21)18-17(10)22(30)26(23(18)31)6-5-14(28)29/h3-4,7,10-11,15-19,27H,2,5-6,8H2,1H3,(H,25,32)(H,28,29). The predicted molar refractivity (Wildman–Crippen MR) is 127 cm³/mol. The van der Waals surface area contributed by atoms with Gasteiger partial charge in [-0.1, -0.05) is 17.4 Å². The molecule has 2 amide bonds. The van der Waals surface area contributed by atoms with Crippen LogP contribution in [0.1, 0.15) is 36.1 Å². The summed E-state index contributed by atoms with van der Waals surface area (Å²) in [5.74, 6) is -2.24. The Balaban J connectivity index is 1.42. The minimum absolute atomic E-state index is 0.0196. The number of likely N-dealkylation sites (tertiary alicyclic amines) is 1. The Kier molecular flexibility index (Phi) is 5.26. The van der Waals surface area contributed by atoms with Crippen LogP contribution in [0.3, 0.4) is 0 Å². The average molecular weight is 517 g/mol. The fourth-order valence-electron chi connectivity index (χ4n) is 6.87. The number of thiazole rings is 1. The predicted octanol–water partition coefficient (Wildman–Crippen LogP) is 2.49. The molecule has 35 heavy (non-hydrogen) atoms. The number of ether oxygens (including phenoxy) is 1. The average Bonchev–Trinajstić information content (AvgIpc) is 3.53. The first-order chi connectivity index (χ1) is 16.8. The summed E-state index contributed by atoms with van der Waals surface area (Å²) < 4.78 is 5.62. The molecule has 2 aliphatic carbocycles. The number of carboxylic acid groups (broad SMARTS) is 1. The molecule has 1 saturated heterocycles. The van der Waals surface area contributed by atoms with E-state index >= 15 is 0 Å². The SMILES string of the molecule is CCOc1cc(C2c3sc(=O)[nH]c3SC3C4CC(C5C(=O)N(CCC(=O)O)C(=O)C45)C23)ccc1O. The number of nitrogens with zero attached hydrogens (tertiary/aromatic N) is 1. The van der Waals surface area contributed by atoms with E-state index in [0.717, 1.165) is 26.8 Å². The van der Waals surface area contributed by atoms with Crippen molar-refractivity contribution in [2.45, 2.75) is 36.0 Å². The fraction of sp³-hybridized carbons (Fsp3) is 0.500.